The topological polar surface area (TPSA) is 75.4 Å². The molecule has 76 valence electrons. The molecule has 0 atom stereocenters. The summed E-state index contributed by atoms with van der Waals surface area (Å²) >= 11 is 1.17. The molecular weight excluding hydrogens is 200 g/mol. The second-order valence-electron chi connectivity index (χ2n) is 2.69. The third-order valence-electron chi connectivity index (χ3n) is 1.59. The Bertz CT molecular complexity index is 300. The van der Waals surface area contributed by atoms with Gasteiger partial charge in [0.05, 0.1) is 0 Å². The molecule has 0 saturated carbocycles. The van der Waals surface area contributed by atoms with Crippen molar-refractivity contribution in [2.75, 3.05) is 6.61 Å². The van der Waals surface area contributed by atoms with Crippen LogP contribution >= 0.6 is 11.9 Å². The van der Waals surface area contributed by atoms with Crippen molar-refractivity contribution in [2.24, 2.45) is 5.73 Å². The number of hydrogen-bond donors (Lipinski definition) is 3. The minimum absolute atomic E-state index is 0.145. The van der Waals surface area contributed by atoms with Gasteiger partial charge in [-0.15, -0.1) is 0 Å². The van der Waals surface area contributed by atoms with E-state index in [1.165, 1.54) is 11.9 Å². The van der Waals surface area contributed by atoms with Gasteiger partial charge in [-0.2, -0.15) is 0 Å². The van der Waals surface area contributed by atoms with E-state index < -0.39 is 6.03 Å². The molecule has 0 fully saturated rings. The third kappa shape index (κ3) is 3.68. The first-order valence-corrected chi connectivity index (χ1v) is 4.96. The van der Waals surface area contributed by atoms with E-state index in [1.807, 2.05) is 24.3 Å². The normalized spacial score (nSPS) is 9.79. The number of amides is 2. The van der Waals surface area contributed by atoms with E-state index in [4.69, 9.17) is 10.8 Å². The summed E-state index contributed by atoms with van der Waals surface area (Å²) in [6, 6.07) is 6.98. The van der Waals surface area contributed by atoms with Crippen LogP contribution < -0.4 is 10.5 Å². The highest BCUT2D eigenvalue weighted by Crippen LogP contribution is 2.14. The predicted molar refractivity (Wildman–Crippen MR) is 55.8 cm³/mol. The molecule has 5 heteroatoms. The van der Waals surface area contributed by atoms with Crippen LogP contribution in [0.15, 0.2) is 29.2 Å². The monoisotopic (exact) mass is 212 g/mol. The van der Waals surface area contributed by atoms with Crippen molar-refractivity contribution in [3.63, 3.8) is 0 Å². The minimum Gasteiger partial charge on any atom is -0.396 e. The van der Waals surface area contributed by atoms with Gasteiger partial charge in [0.2, 0.25) is 0 Å². The van der Waals surface area contributed by atoms with Crippen LogP contribution in [0.3, 0.4) is 0 Å². The molecule has 0 radical (unpaired) electrons. The summed E-state index contributed by atoms with van der Waals surface area (Å²) in [5.74, 6) is 0. The zero-order valence-corrected chi connectivity index (χ0v) is 8.38. The predicted octanol–water partition coefficient (Wildman–Crippen LogP) is 0.897. The molecule has 1 aromatic carbocycles. The number of benzene rings is 1. The smallest absolute Gasteiger partial charge is 0.322 e. The van der Waals surface area contributed by atoms with Gasteiger partial charge in [-0.05, 0) is 36.1 Å². The Labute approximate surface area is 86.6 Å². The van der Waals surface area contributed by atoms with Crippen LogP contribution in [0.2, 0.25) is 0 Å². The number of hydrogen-bond acceptors (Lipinski definition) is 3. The number of rotatable bonds is 4. The summed E-state index contributed by atoms with van der Waals surface area (Å²) in [5.41, 5.74) is 5.98. The van der Waals surface area contributed by atoms with Crippen molar-refractivity contribution in [1.29, 1.82) is 0 Å². The number of nitrogens with two attached hydrogens (primary N) is 1. The molecule has 1 rings (SSSR count). The zero-order valence-electron chi connectivity index (χ0n) is 7.56. The van der Waals surface area contributed by atoms with E-state index in [1.54, 1.807) is 0 Å². The van der Waals surface area contributed by atoms with Crippen LogP contribution in [-0.2, 0) is 6.42 Å². The summed E-state index contributed by atoms with van der Waals surface area (Å²) in [6.07, 6.45) is 0.647. The first-order chi connectivity index (χ1) is 6.72. The molecule has 0 spiro atoms. The molecular formula is C9H12N2O2S. The van der Waals surface area contributed by atoms with Gasteiger partial charge in [0.25, 0.3) is 0 Å². The molecule has 0 heterocycles. The highest BCUT2D eigenvalue weighted by atomic mass is 32.2. The van der Waals surface area contributed by atoms with Crippen molar-refractivity contribution in [3.8, 4) is 0 Å². The second kappa shape index (κ2) is 5.51. The molecule has 4 N–H and O–H groups in total. The minimum atomic E-state index is -0.561. The van der Waals surface area contributed by atoms with Gasteiger partial charge in [-0.25, -0.2) is 4.79 Å². The van der Waals surface area contributed by atoms with E-state index in [-0.39, 0.29) is 6.61 Å². The molecule has 0 aliphatic heterocycles. The molecule has 0 bridgehead atoms. The maximum Gasteiger partial charge on any atom is 0.322 e. The standard InChI is InChI=1S/C9H12N2O2S/c10-9(13)11-14-8-3-1-7(2-4-8)5-6-12/h1-4,12H,5-6H2,(H3,10,11,13). The molecule has 2 amide bonds. The molecule has 0 aliphatic carbocycles. The van der Waals surface area contributed by atoms with E-state index in [9.17, 15) is 4.79 Å². The van der Waals surface area contributed by atoms with Crippen LogP contribution in [0, 0.1) is 0 Å². The average molecular weight is 212 g/mol. The average Bonchev–Trinajstić information content (AvgIpc) is 2.17. The molecule has 4 nitrogen and oxygen atoms in total. The van der Waals surface area contributed by atoms with E-state index in [0.29, 0.717) is 6.42 Å². The number of carbonyl (C=O) groups is 1. The van der Waals surface area contributed by atoms with E-state index in [0.717, 1.165) is 10.5 Å². The van der Waals surface area contributed by atoms with Gasteiger partial charge >= 0.3 is 6.03 Å². The van der Waals surface area contributed by atoms with Gasteiger partial charge < -0.3 is 10.8 Å². The van der Waals surface area contributed by atoms with Gasteiger partial charge in [0, 0.05) is 11.5 Å². The lowest BCUT2D eigenvalue weighted by Gasteiger charge is -2.02. The summed E-state index contributed by atoms with van der Waals surface area (Å²) in [5, 5.41) is 8.69. The Morgan fingerprint density at radius 2 is 2.07 bits per heavy atom. The lowest BCUT2D eigenvalue weighted by atomic mass is 10.2. The zero-order chi connectivity index (χ0) is 10.4. The van der Waals surface area contributed by atoms with Crippen molar-refractivity contribution in [2.45, 2.75) is 11.3 Å². The Balaban J connectivity index is 2.50. The van der Waals surface area contributed by atoms with Crippen molar-refractivity contribution in [3.05, 3.63) is 29.8 Å². The van der Waals surface area contributed by atoms with Gasteiger partial charge in [-0.1, -0.05) is 12.1 Å². The fraction of sp³-hybridized carbons (Fsp3) is 0.222. The quantitative estimate of drug-likeness (QED) is 0.649. The van der Waals surface area contributed by atoms with Gasteiger partial charge in [0.15, 0.2) is 0 Å². The fourth-order valence-corrected chi connectivity index (χ4v) is 1.45. The van der Waals surface area contributed by atoms with Crippen molar-refractivity contribution >= 4 is 18.0 Å². The summed E-state index contributed by atoms with van der Waals surface area (Å²) in [7, 11) is 0. The fourth-order valence-electron chi connectivity index (χ4n) is 0.962. The van der Waals surface area contributed by atoms with E-state index >= 15 is 0 Å². The van der Waals surface area contributed by atoms with Gasteiger partial charge in [0.1, 0.15) is 0 Å². The Morgan fingerprint density at radius 3 is 2.57 bits per heavy atom. The van der Waals surface area contributed by atoms with Gasteiger partial charge in [-0.3, -0.25) is 4.72 Å². The maximum absolute atomic E-state index is 10.4. The molecule has 0 saturated heterocycles. The summed E-state index contributed by atoms with van der Waals surface area (Å²) in [6.45, 7) is 0.145. The first kappa shape index (κ1) is 10.9. The van der Waals surface area contributed by atoms with Crippen molar-refractivity contribution < 1.29 is 9.90 Å². The second-order valence-corrected chi connectivity index (χ2v) is 3.57. The highest BCUT2D eigenvalue weighted by Gasteiger charge is 1.96. The number of urea groups is 1. The number of aliphatic hydroxyl groups is 1. The van der Waals surface area contributed by atoms with Crippen molar-refractivity contribution in [1.82, 2.24) is 4.72 Å². The van der Waals surface area contributed by atoms with E-state index in [2.05, 4.69) is 4.72 Å². The van der Waals surface area contributed by atoms with Crippen LogP contribution in [0.1, 0.15) is 5.56 Å². The van der Waals surface area contributed by atoms with Crippen LogP contribution in [0.4, 0.5) is 4.79 Å². The first-order valence-electron chi connectivity index (χ1n) is 4.14. The van der Waals surface area contributed by atoms with Crippen LogP contribution in [0.5, 0.6) is 0 Å². The number of nitrogens with one attached hydrogen (secondary N) is 1. The Kier molecular flexibility index (Phi) is 4.28. The molecule has 14 heavy (non-hydrogen) atoms. The number of primary amides is 1. The number of aliphatic hydroxyl groups excluding tert-OH is 1. The Hall–Kier alpha value is -1.20. The number of carbonyl (C=O) groups excluding carboxylic acids is 1. The lowest BCUT2D eigenvalue weighted by molar-refractivity contribution is 0.254. The molecule has 0 aromatic heterocycles. The highest BCUT2D eigenvalue weighted by molar-refractivity contribution is 7.98. The molecule has 0 unspecified atom stereocenters. The Morgan fingerprint density at radius 1 is 1.43 bits per heavy atom. The molecule has 0 aliphatic rings. The van der Waals surface area contributed by atoms with Crippen LogP contribution in [-0.4, -0.2) is 17.7 Å². The molecule has 1 aromatic rings. The SMILES string of the molecule is NC(=O)NSc1ccc(CCO)cc1. The maximum atomic E-state index is 10.4. The summed E-state index contributed by atoms with van der Waals surface area (Å²) in [4.78, 5) is 11.3. The largest absolute Gasteiger partial charge is 0.396 e. The lowest BCUT2D eigenvalue weighted by Crippen LogP contribution is -2.22. The summed E-state index contributed by atoms with van der Waals surface area (Å²) < 4.78 is 2.42. The van der Waals surface area contributed by atoms with Crippen LogP contribution in [0.25, 0.3) is 0 Å². The third-order valence-corrected chi connectivity index (χ3v) is 2.40.